The molecule has 0 radical (unpaired) electrons. The molecule has 0 aliphatic heterocycles. The quantitative estimate of drug-likeness (QED) is 0.0866. The standard InChI is InChI=1S/C36H39F7O4/c1-4-6-8-10-12-22(3)46-34(44)27-20-18-25(30(37)32(27)39)23-14-16-24(17-15-23)26-19-21-28(33(40)31(26)38)35(45)47-29(36(41,42)43)13-11-9-7-5-2/h14-22,29H,4-13H2,1-3H3/t22-,29+/m1/s1. The number of unbranched alkanes of at least 4 members (excludes halogenated alkanes) is 6. The molecule has 2 atom stereocenters. The van der Waals surface area contributed by atoms with Gasteiger partial charge in [0, 0.05) is 11.1 Å². The van der Waals surface area contributed by atoms with Crippen LogP contribution in [0.4, 0.5) is 30.7 Å². The molecule has 0 aliphatic carbocycles. The van der Waals surface area contributed by atoms with E-state index in [4.69, 9.17) is 4.74 Å². The lowest BCUT2D eigenvalue weighted by Crippen LogP contribution is -2.34. The molecule has 3 aromatic carbocycles. The fraction of sp³-hybridized carbons (Fsp3) is 0.444. The van der Waals surface area contributed by atoms with E-state index in [1.54, 1.807) is 6.92 Å². The van der Waals surface area contributed by atoms with Gasteiger partial charge in [-0.05, 0) is 55.9 Å². The molecule has 0 fully saturated rings. The number of alkyl halides is 3. The SMILES string of the molecule is CCCCCC[C@@H](C)OC(=O)c1ccc(-c2ccc(-c3ccc(C(=O)O[C@@H](CCCCCC)C(F)(F)F)c(F)c3F)cc2)c(F)c1F. The molecule has 0 saturated heterocycles. The van der Waals surface area contributed by atoms with Gasteiger partial charge in [-0.25, -0.2) is 27.2 Å². The average molecular weight is 669 g/mol. The van der Waals surface area contributed by atoms with Crippen LogP contribution in [-0.2, 0) is 9.47 Å². The predicted octanol–water partition coefficient (Wildman–Crippen LogP) is 11.2. The van der Waals surface area contributed by atoms with Crippen LogP contribution >= 0.6 is 0 Å². The van der Waals surface area contributed by atoms with Crippen LogP contribution in [0.2, 0.25) is 0 Å². The van der Waals surface area contributed by atoms with Crippen molar-refractivity contribution in [3.8, 4) is 22.3 Å². The van der Waals surface area contributed by atoms with E-state index in [9.17, 15) is 31.5 Å². The second-order valence-electron chi connectivity index (χ2n) is 11.5. The summed E-state index contributed by atoms with van der Waals surface area (Å²) in [7, 11) is 0. The van der Waals surface area contributed by atoms with E-state index in [0.717, 1.165) is 50.3 Å². The molecule has 0 unspecified atom stereocenters. The third kappa shape index (κ3) is 10.0. The van der Waals surface area contributed by atoms with Crippen molar-refractivity contribution in [2.24, 2.45) is 0 Å². The Bertz CT molecular complexity index is 1500. The fourth-order valence-corrected chi connectivity index (χ4v) is 5.09. The zero-order valence-corrected chi connectivity index (χ0v) is 26.6. The second kappa shape index (κ2) is 17.3. The Kier molecular flexibility index (Phi) is 13.8. The lowest BCUT2D eigenvalue weighted by Gasteiger charge is -2.21. The normalized spacial score (nSPS) is 12.9. The van der Waals surface area contributed by atoms with E-state index in [2.05, 4.69) is 11.7 Å². The van der Waals surface area contributed by atoms with Gasteiger partial charge in [0.05, 0.1) is 17.2 Å². The van der Waals surface area contributed by atoms with Gasteiger partial charge in [0.25, 0.3) is 0 Å². The van der Waals surface area contributed by atoms with Crippen LogP contribution < -0.4 is 0 Å². The highest BCUT2D eigenvalue weighted by atomic mass is 19.4. The summed E-state index contributed by atoms with van der Waals surface area (Å²) in [5.41, 5.74) is -1.83. The Morgan fingerprint density at radius 2 is 1.02 bits per heavy atom. The first-order valence-electron chi connectivity index (χ1n) is 15.9. The summed E-state index contributed by atoms with van der Waals surface area (Å²) in [4.78, 5) is 24.9. The molecule has 4 nitrogen and oxygen atoms in total. The van der Waals surface area contributed by atoms with Gasteiger partial charge < -0.3 is 9.47 Å². The molecule has 3 aromatic rings. The lowest BCUT2D eigenvalue weighted by molar-refractivity contribution is -0.206. The number of carbonyl (C=O) groups is 2. The number of rotatable bonds is 16. The monoisotopic (exact) mass is 668 g/mol. The van der Waals surface area contributed by atoms with Gasteiger partial charge in [0.15, 0.2) is 29.4 Å². The first kappa shape index (κ1) is 37.6. The zero-order valence-electron chi connectivity index (χ0n) is 26.6. The van der Waals surface area contributed by atoms with Gasteiger partial charge in [0.1, 0.15) is 0 Å². The van der Waals surface area contributed by atoms with Crippen LogP contribution in [0.15, 0.2) is 48.5 Å². The molecular weight excluding hydrogens is 629 g/mol. The topological polar surface area (TPSA) is 52.6 Å². The predicted molar refractivity (Wildman–Crippen MR) is 165 cm³/mol. The molecule has 0 saturated carbocycles. The first-order chi connectivity index (χ1) is 22.3. The summed E-state index contributed by atoms with van der Waals surface area (Å²) in [6.07, 6.45) is -1.69. The number of benzene rings is 3. The Labute approximate surface area is 270 Å². The molecule has 3 rings (SSSR count). The minimum absolute atomic E-state index is 0.0863. The maximum absolute atomic E-state index is 15.1. The molecule has 11 heteroatoms. The molecule has 0 aliphatic rings. The Hall–Kier alpha value is -3.89. The van der Waals surface area contributed by atoms with Crippen molar-refractivity contribution >= 4 is 11.9 Å². The minimum Gasteiger partial charge on any atom is -0.459 e. The Morgan fingerprint density at radius 1 is 0.596 bits per heavy atom. The molecule has 256 valence electrons. The lowest BCUT2D eigenvalue weighted by atomic mass is 9.97. The smallest absolute Gasteiger partial charge is 0.425 e. The van der Waals surface area contributed by atoms with Crippen molar-refractivity contribution < 1.29 is 49.8 Å². The maximum Gasteiger partial charge on any atom is 0.425 e. The highest BCUT2D eigenvalue weighted by Gasteiger charge is 2.42. The van der Waals surface area contributed by atoms with Crippen LogP contribution in [-0.4, -0.2) is 30.3 Å². The summed E-state index contributed by atoms with van der Waals surface area (Å²) in [6, 6.07) is 9.36. The minimum atomic E-state index is -4.88. The number of esters is 2. The van der Waals surface area contributed by atoms with Crippen molar-refractivity contribution in [1.82, 2.24) is 0 Å². The fourth-order valence-electron chi connectivity index (χ4n) is 5.09. The van der Waals surface area contributed by atoms with Crippen molar-refractivity contribution in [3.63, 3.8) is 0 Å². The van der Waals surface area contributed by atoms with Gasteiger partial charge in [-0.1, -0.05) is 88.8 Å². The summed E-state index contributed by atoms with van der Waals surface area (Å²) < 4.78 is 110. The van der Waals surface area contributed by atoms with Crippen LogP contribution in [0.3, 0.4) is 0 Å². The first-order valence-corrected chi connectivity index (χ1v) is 15.9. The molecule has 0 amide bonds. The van der Waals surface area contributed by atoms with Crippen LogP contribution in [0.1, 0.15) is 106 Å². The third-order valence-electron chi connectivity index (χ3n) is 7.82. The van der Waals surface area contributed by atoms with Crippen molar-refractivity contribution in [1.29, 1.82) is 0 Å². The highest BCUT2D eigenvalue weighted by Crippen LogP contribution is 2.33. The molecular formula is C36H39F7O4. The molecule has 0 N–H and O–H groups in total. The van der Waals surface area contributed by atoms with Gasteiger partial charge in [-0.15, -0.1) is 0 Å². The number of hydrogen-bond acceptors (Lipinski definition) is 4. The number of ether oxygens (including phenoxy) is 2. The van der Waals surface area contributed by atoms with Crippen LogP contribution in [0.5, 0.6) is 0 Å². The molecule has 0 bridgehead atoms. The van der Waals surface area contributed by atoms with Gasteiger partial charge in [-0.2, -0.15) is 13.2 Å². The Morgan fingerprint density at radius 3 is 1.45 bits per heavy atom. The van der Waals surface area contributed by atoms with E-state index in [0.29, 0.717) is 19.3 Å². The van der Waals surface area contributed by atoms with Crippen molar-refractivity contribution in [2.75, 3.05) is 0 Å². The summed E-state index contributed by atoms with van der Waals surface area (Å²) in [6.45, 7) is 5.63. The summed E-state index contributed by atoms with van der Waals surface area (Å²) >= 11 is 0. The largest absolute Gasteiger partial charge is 0.459 e. The summed E-state index contributed by atoms with van der Waals surface area (Å²) in [5, 5.41) is 0. The van der Waals surface area contributed by atoms with E-state index in [1.165, 1.54) is 30.3 Å². The van der Waals surface area contributed by atoms with E-state index >= 15 is 8.78 Å². The van der Waals surface area contributed by atoms with Gasteiger partial charge in [0.2, 0.25) is 0 Å². The molecule has 47 heavy (non-hydrogen) atoms. The number of halogens is 7. The third-order valence-corrected chi connectivity index (χ3v) is 7.82. The Balaban J connectivity index is 1.75. The maximum atomic E-state index is 15.1. The number of hydrogen-bond donors (Lipinski definition) is 0. The van der Waals surface area contributed by atoms with E-state index in [1.807, 2.05) is 6.92 Å². The molecule has 0 heterocycles. The highest BCUT2D eigenvalue weighted by molar-refractivity contribution is 5.91. The zero-order chi connectivity index (χ0) is 34.7. The molecule has 0 spiro atoms. The van der Waals surface area contributed by atoms with Gasteiger partial charge in [-0.3, -0.25) is 0 Å². The average Bonchev–Trinajstić information content (AvgIpc) is 3.03. The summed E-state index contributed by atoms with van der Waals surface area (Å²) in [5.74, 6) is -8.51. The van der Waals surface area contributed by atoms with Crippen LogP contribution in [0, 0.1) is 23.3 Å². The van der Waals surface area contributed by atoms with Crippen molar-refractivity contribution in [2.45, 2.75) is 103 Å². The van der Waals surface area contributed by atoms with Crippen molar-refractivity contribution in [3.05, 3.63) is 82.9 Å². The van der Waals surface area contributed by atoms with E-state index < -0.39 is 71.1 Å². The van der Waals surface area contributed by atoms with Gasteiger partial charge >= 0.3 is 18.1 Å². The second-order valence-corrected chi connectivity index (χ2v) is 11.5. The van der Waals surface area contributed by atoms with E-state index in [-0.39, 0.29) is 28.7 Å². The number of carbonyl (C=O) groups excluding carboxylic acids is 2. The van der Waals surface area contributed by atoms with Crippen LogP contribution in [0.25, 0.3) is 22.3 Å². The molecule has 0 aromatic heterocycles.